The summed E-state index contributed by atoms with van der Waals surface area (Å²) >= 11 is 1.52. The van der Waals surface area contributed by atoms with Gasteiger partial charge in [0, 0.05) is 23.5 Å². The summed E-state index contributed by atoms with van der Waals surface area (Å²) in [7, 11) is 0. The van der Waals surface area contributed by atoms with Gasteiger partial charge in [-0.1, -0.05) is 54.2 Å². The van der Waals surface area contributed by atoms with Crippen LogP contribution in [-0.2, 0) is 5.75 Å². The molecule has 0 atom stereocenters. The molecule has 5 nitrogen and oxygen atoms in total. The molecule has 5 aromatic rings. The van der Waals surface area contributed by atoms with E-state index in [0.717, 1.165) is 22.0 Å². The van der Waals surface area contributed by atoms with E-state index in [2.05, 4.69) is 28.2 Å². The molecule has 0 N–H and O–H groups in total. The third kappa shape index (κ3) is 3.25. The molecule has 5 rings (SSSR count). The second-order valence-electron chi connectivity index (χ2n) is 6.98. The largest absolute Gasteiger partial charge is 0.268 e. The van der Waals surface area contributed by atoms with Crippen LogP contribution in [0.25, 0.3) is 27.6 Å². The lowest BCUT2D eigenvalue weighted by atomic mass is 10.1. The molecule has 0 aliphatic carbocycles. The van der Waals surface area contributed by atoms with Gasteiger partial charge in [-0.25, -0.2) is 14.5 Å². The highest BCUT2D eigenvalue weighted by atomic mass is 32.2. The van der Waals surface area contributed by atoms with Gasteiger partial charge < -0.3 is 0 Å². The molecule has 146 valence electrons. The Morgan fingerprint density at radius 2 is 1.70 bits per heavy atom. The number of aromatic nitrogens is 4. The van der Waals surface area contributed by atoms with Crippen LogP contribution < -0.4 is 5.56 Å². The van der Waals surface area contributed by atoms with Crippen LogP contribution in [0.3, 0.4) is 0 Å². The average Bonchev–Trinajstić information content (AvgIpc) is 2.78. The smallest absolute Gasteiger partial charge is 0.267 e. The first-order valence-corrected chi connectivity index (χ1v) is 10.6. The van der Waals surface area contributed by atoms with Crippen LogP contribution in [0.1, 0.15) is 11.1 Å². The van der Waals surface area contributed by atoms with Gasteiger partial charge in [-0.15, -0.1) is 0 Å². The van der Waals surface area contributed by atoms with Crippen LogP contribution in [0.5, 0.6) is 0 Å². The summed E-state index contributed by atoms with van der Waals surface area (Å²) < 4.78 is 1.63. The van der Waals surface area contributed by atoms with E-state index in [9.17, 15) is 4.79 Å². The third-order valence-corrected chi connectivity index (χ3v) is 6.00. The van der Waals surface area contributed by atoms with Crippen molar-refractivity contribution in [1.82, 2.24) is 19.5 Å². The molecule has 0 spiro atoms. The van der Waals surface area contributed by atoms with Crippen molar-refractivity contribution in [2.24, 2.45) is 0 Å². The molecule has 0 saturated carbocycles. The monoisotopic (exact) mass is 410 g/mol. The fourth-order valence-electron chi connectivity index (χ4n) is 3.53. The molecule has 0 fully saturated rings. The van der Waals surface area contributed by atoms with Crippen molar-refractivity contribution in [1.29, 1.82) is 0 Å². The second kappa shape index (κ2) is 7.72. The van der Waals surface area contributed by atoms with Crippen molar-refractivity contribution in [3.05, 3.63) is 101 Å². The minimum absolute atomic E-state index is 0.110. The predicted octanol–water partition coefficient (Wildman–Crippen LogP) is 4.93. The Bertz CT molecular complexity index is 1440. The van der Waals surface area contributed by atoms with Crippen molar-refractivity contribution in [2.45, 2.75) is 17.8 Å². The summed E-state index contributed by atoms with van der Waals surface area (Å²) in [4.78, 5) is 27.2. The number of fused-ring (bicyclic) bond motifs is 2. The Labute approximate surface area is 177 Å². The van der Waals surface area contributed by atoms with E-state index in [4.69, 9.17) is 4.98 Å². The fraction of sp³-hybridized carbons (Fsp3) is 0.0833. The van der Waals surface area contributed by atoms with Crippen LogP contribution in [0.2, 0.25) is 0 Å². The molecule has 3 aromatic heterocycles. The van der Waals surface area contributed by atoms with E-state index in [1.165, 1.54) is 11.8 Å². The Morgan fingerprint density at radius 1 is 0.900 bits per heavy atom. The molecule has 0 saturated heterocycles. The Hall–Kier alpha value is -3.51. The van der Waals surface area contributed by atoms with Crippen molar-refractivity contribution in [3.63, 3.8) is 0 Å². The van der Waals surface area contributed by atoms with Gasteiger partial charge in [0.1, 0.15) is 5.82 Å². The van der Waals surface area contributed by atoms with E-state index >= 15 is 0 Å². The summed E-state index contributed by atoms with van der Waals surface area (Å²) in [6.45, 7) is 1.95. The van der Waals surface area contributed by atoms with Gasteiger partial charge >= 0.3 is 0 Å². The number of benzene rings is 2. The molecule has 2 aromatic carbocycles. The first-order valence-electron chi connectivity index (χ1n) is 9.61. The predicted molar refractivity (Wildman–Crippen MR) is 121 cm³/mol. The summed E-state index contributed by atoms with van der Waals surface area (Å²) in [6, 6.07) is 21.4. The minimum Gasteiger partial charge on any atom is -0.268 e. The maximum atomic E-state index is 13.4. The van der Waals surface area contributed by atoms with Crippen molar-refractivity contribution < 1.29 is 0 Å². The van der Waals surface area contributed by atoms with Gasteiger partial charge in [0.15, 0.2) is 5.16 Å². The topological polar surface area (TPSA) is 60.7 Å². The van der Waals surface area contributed by atoms with Crippen molar-refractivity contribution in [3.8, 4) is 5.82 Å². The zero-order valence-corrected chi connectivity index (χ0v) is 17.1. The van der Waals surface area contributed by atoms with Crippen molar-refractivity contribution >= 4 is 33.6 Å². The first kappa shape index (κ1) is 18.5. The number of hydrogen-bond donors (Lipinski definition) is 0. The quantitative estimate of drug-likeness (QED) is 0.311. The normalized spacial score (nSPS) is 11.2. The Balaban J connectivity index is 1.65. The summed E-state index contributed by atoms with van der Waals surface area (Å²) in [5, 5.41) is 2.30. The highest BCUT2D eigenvalue weighted by Gasteiger charge is 2.16. The second-order valence-corrected chi connectivity index (χ2v) is 7.92. The van der Waals surface area contributed by atoms with Gasteiger partial charge in [0.05, 0.1) is 16.4 Å². The number of aryl methyl sites for hydroxylation is 1. The van der Waals surface area contributed by atoms with Crippen molar-refractivity contribution in [2.75, 3.05) is 0 Å². The molecular weight excluding hydrogens is 392 g/mol. The van der Waals surface area contributed by atoms with Gasteiger partial charge in [0.25, 0.3) is 5.56 Å². The van der Waals surface area contributed by atoms with Gasteiger partial charge in [-0.05, 0) is 42.3 Å². The molecule has 0 aliphatic heterocycles. The maximum Gasteiger partial charge on any atom is 0.267 e. The summed E-state index contributed by atoms with van der Waals surface area (Å²) in [6.07, 6.45) is 3.50. The molecule has 0 aliphatic rings. The number of para-hydroxylation sites is 2. The molecule has 3 heterocycles. The highest BCUT2D eigenvalue weighted by Crippen LogP contribution is 2.27. The van der Waals surface area contributed by atoms with Crippen LogP contribution in [0.4, 0.5) is 0 Å². The van der Waals surface area contributed by atoms with E-state index in [-0.39, 0.29) is 5.56 Å². The van der Waals surface area contributed by atoms with Gasteiger partial charge in [-0.2, -0.15) is 0 Å². The molecule has 0 unspecified atom stereocenters. The third-order valence-electron chi connectivity index (χ3n) is 5.01. The lowest BCUT2D eigenvalue weighted by molar-refractivity contribution is 0.789. The SMILES string of the molecule is Cc1cccnc1-n1c(SCc2cccc3cccnc23)nc2ccccc2c1=O. The Kier molecular flexibility index (Phi) is 4.77. The minimum atomic E-state index is -0.110. The molecule has 6 heteroatoms. The standard InChI is InChI=1S/C24H18N4OS/c1-16-7-5-14-26-22(16)28-23(29)19-11-2-3-12-20(19)27-24(28)30-15-18-9-4-8-17-10-6-13-25-21(17)18/h2-14H,15H2,1H3. The van der Waals surface area contributed by atoms with E-state index in [1.54, 1.807) is 17.0 Å². The van der Waals surface area contributed by atoms with Crippen LogP contribution in [0.15, 0.2) is 89.1 Å². The lowest BCUT2D eigenvalue weighted by Gasteiger charge is -2.14. The number of nitrogens with zero attached hydrogens (tertiary/aromatic N) is 4. The Morgan fingerprint density at radius 3 is 2.60 bits per heavy atom. The van der Waals surface area contributed by atoms with Crippen LogP contribution >= 0.6 is 11.8 Å². The zero-order chi connectivity index (χ0) is 20.5. The molecule has 0 bridgehead atoms. The maximum absolute atomic E-state index is 13.4. The van der Waals surface area contributed by atoms with E-state index in [1.807, 2.05) is 55.5 Å². The number of pyridine rings is 2. The summed E-state index contributed by atoms with van der Waals surface area (Å²) in [5.41, 5.74) is 3.57. The molecule has 30 heavy (non-hydrogen) atoms. The summed E-state index contributed by atoms with van der Waals surface area (Å²) in [5.74, 6) is 1.25. The lowest BCUT2D eigenvalue weighted by Crippen LogP contribution is -2.23. The first-order chi connectivity index (χ1) is 14.7. The molecule has 0 radical (unpaired) electrons. The molecular formula is C24H18N4OS. The number of hydrogen-bond acceptors (Lipinski definition) is 5. The van der Waals surface area contributed by atoms with Gasteiger partial charge in [-0.3, -0.25) is 9.78 Å². The van der Waals surface area contributed by atoms with Crippen LogP contribution in [-0.4, -0.2) is 19.5 Å². The van der Waals surface area contributed by atoms with E-state index < -0.39 is 0 Å². The van der Waals surface area contributed by atoms with Crippen LogP contribution in [0, 0.1) is 6.92 Å². The highest BCUT2D eigenvalue weighted by molar-refractivity contribution is 7.98. The van der Waals surface area contributed by atoms with Gasteiger partial charge in [0.2, 0.25) is 0 Å². The molecule has 0 amide bonds. The van der Waals surface area contributed by atoms with E-state index in [0.29, 0.717) is 27.6 Å². The zero-order valence-electron chi connectivity index (χ0n) is 16.3. The number of thioether (sulfide) groups is 1. The number of rotatable bonds is 4. The average molecular weight is 411 g/mol. The fourth-order valence-corrected chi connectivity index (χ4v) is 4.51.